The van der Waals surface area contributed by atoms with E-state index in [1.165, 1.54) is 25.3 Å². The number of hydrogen-bond donors (Lipinski definition) is 2. The van der Waals surface area contributed by atoms with E-state index in [-0.39, 0.29) is 29.7 Å². The molecule has 5 nitrogen and oxygen atoms in total. The Morgan fingerprint density at radius 3 is 2.72 bits per heavy atom. The fourth-order valence-electron chi connectivity index (χ4n) is 4.76. The standard InChI is InChI=1S/C22H30ClFN4O/c1-25-22(27-19-12-16(19)20-17(23)8-5-9-18(20)24)26-15-10-11-28(13-15)21(29)14-6-3-2-4-7-14/h5,8-9,14-16,19H,2-4,6-7,10-13H2,1H3,(H2,25,26,27). The first-order valence-corrected chi connectivity index (χ1v) is 11.2. The Balaban J connectivity index is 1.28. The number of benzene rings is 1. The van der Waals surface area contributed by atoms with Crippen LogP contribution >= 0.6 is 11.6 Å². The second kappa shape index (κ2) is 8.90. The van der Waals surface area contributed by atoms with Crippen LogP contribution < -0.4 is 10.6 Å². The number of carbonyl (C=O) groups excluding carboxylic acids is 1. The summed E-state index contributed by atoms with van der Waals surface area (Å²) in [5.74, 6) is 1.07. The third kappa shape index (κ3) is 4.68. The van der Waals surface area contributed by atoms with E-state index >= 15 is 0 Å². The van der Waals surface area contributed by atoms with Gasteiger partial charge in [0.15, 0.2) is 5.96 Å². The highest BCUT2D eigenvalue weighted by Crippen LogP contribution is 2.44. The topological polar surface area (TPSA) is 56.7 Å². The summed E-state index contributed by atoms with van der Waals surface area (Å²) in [7, 11) is 1.74. The third-order valence-electron chi connectivity index (χ3n) is 6.50. The summed E-state index contributed by atoms with van der Waals surface area (Å²) in [5.41, 5.74) is 0.590. The lowest BCUT2D eigenvalue weighted by Gasteiger charge is -2.26. The van der Waals surface area contributed by atoms with E-state index in [1.54, 1.807) is 19.2 Å². The molecule has 0 aromatic heterocycles. The van der Waals surface area contributed by atoms with Gasteiger partial charge in [-0.2, -0.15) is 0 Å². The molecule has 7 heteroatoms. The molecule has 1 aliphatic heterocycles. The number of guanidine groups is 1. The summed E-state index contributed by atoms with van der Waals surface area (Å²) in [4.78, 5) is 19.1. The fraction of sp³-hybridized carbons (Fsp3) is 0.636. The molecule has 2 saturated carbocycles. The van der Waals surface area contributed by atoms with Gasteiger partial charge in [0.05, 0.1) is 0 Å². The highest BCUT2D eigenvalue weighted by molar-refractivity contribution is 6.31. The molecule has 1 aromatic carbocycles. The summed E-state index contributed by atoms with van der Waals surface area (Å²) in [6.45, 7) is 1.53. The Bertz CT molecular complexity index is 760. The first-order valence-electron chi connectivity index (χ1n) is 10.8. The van der Waals surface area contributed by atoms with Gasteiger partial charge in [0.2, 0.25) is 5.91 Å². The Kier molecular flexibility index (Phi) is 6.28. The van der Waals surface area contributed by atoms with Crippen molar-refractivity contribution < 1.29 is 9.18 Å². The van der Waals surface area contributed by atoms with Gasteiger partial charge in [-0.25, -0.2) is 4.39 Å². The number of nitrogens with one attached hydrogen (secondary N) is 2. The number of nitrogens with zero attached hydrogens (tertiary/aromatic N) is 2. The average Bonchev–Trinajstić information content (AvgIpc) is 3.31. The zero-order valence-corrected chi connectivity index (χ0v) is 17.7. The molecular weight excluding hydrogens is 391 g/mol. The fourth-order valence-corrected chi connectivity index (χ4v) is 5.07. The maximum Gasteiger partial charge on any atom is 0.225 e. The van der Waals surface area contributed by atoms with Gasteiger partial charge < -0.3 is 15.5 Å². The first kappa shape index (κ1) is 20.5. The van der Waals surface area contributed by atoms with E-state index in [1.807, 2.05) is 4.90 Å². The Morgan fingerprint density at radius 1 is 1.21 bits per heavy atom. The SMILES string of the molecule is CN=C(NC1CCN(C(=O)C2CCCCC2)C1)NC1CC1c1c(F)cccc1Cl. The molecule has 3 fully saturated rings. The maximum absolute atomic E-state index is 14.1. The van der Waals surface area contributed by atoms with Crippen molar-refractivity contribution in [1.82, 2.24) is 15.5 Å². The van der Waals surface area contributed by atoms with Crippen molar-refractivity contribution >= 4 is 23.5 Å². The molecule has 1 heterocycles. The molecule has 3 unspecified atom stereocenters. The predicted octanol–water partition coefficient (Wildman–Crippen LogP) is 3.68. The molecule has 0 spiro atoms. The van der Waals surface area contributed by atoms with Crippen molar-refractivity contribution in [2.75, 3.05) is 20.1 Å². The minimum Gasteiger partial charge on any atom is -0.353 e. The van der Waals surface area contributed by atoms with Crippen molar-refractivity contribution in [3.8, 4) is 0 Å². The predicted molar refractivity (Wildman–Crippen MR) is 114 cm³/mol. The van der Waals surface area contributed by atoms with Crippen LogP contribution in [0, 0.1) is 11.7 Å². The van der Waals surface area contributed by atoms with Gasteiger partial charge in [0.1, 0.15) is 5.82 Å². The van der Waals surface area contributed by atoms with Gasteiger partial charge in [-0.3, -0.25) is 9.79 Å². The van der Waals surface area contributed by atoms with Gasteiger partial charge >= 0.3 is 0 Å². The number of hydrogen-bond acceptors (Lipinski definition) is 2. The van der Waals surface area contributed by atoms with Gasteiger partial charge in [0.25, 0.3) is 0 Å². The number of likely N-dealkylation sites (tertiary alicyclic amines) is 1. The molecule has 3 aliphatic rings. The highest BCUT2D eigenvalue weighted by Gasteiger charge is 2.42. The van der Waals surface area contributed by atoms with Crippen LogP contribution in [-0.2, 0) is 4.79 Å². The molecule has 1 amide bonds. The van der Waals surface area contributed by atoms with Crippen LogP contribution in [0.2, 0.25) is 5.02 Å². The van der Waals surface area contributed by atoms with Gasteiger partial charge in [-0.15, -0.1) is 0 Å². The Labute approximate surface area is 177 Å². The van der Waals surface area contributed by atoms with Gasteiger partial charge in [0, 0.05) is 54.6 Å². The molecule has 1 saturated heterocycles. The lowest BCUT2D eigenvalue weighted by atomic mass is 9.88. The molecule has 1 aromatic rings. The maximum atomic E-state index is 14.1. The molecule has 0 bridgehead atoms. The molecular formula is C22H30ClFN4O. The van der Waals surface area contributed by atoms with Crippen LogP contribution in [0.4, 0.5) is 4.39 Å². The highest BCUT2D eigenvalue weighted by atomic mass is 35.5. The van der Waals surface area contributed by atoms with E-state index in [4.69, 9.17) is 11.6 Å². The quantitative estimate of drug-likeness (QED) is 0.577. The average molecular weight is 421 g/mol. The summed E-state index contributed by atoms with van der Waals surface area (Å²) >= 11 is 6.20. The second-order valence-electron chi connectivity index (χ2n) is 8.55. The van der Waals surface area contributed by atoms with Crippen LogP contribution in [0.1, 0.15) is 56.4 Å². The number of amides is 1. The summed E-state index contributed by atoms with van der Waals surface area (Å²) in [5, 5.41) is 7.31. The van der Waals surface area contributed by atoms with Crippen LogP contribution in [-0.4, -0.2) is 49.0 Å². The monoisotopic (exact) mass is 420 g/mol. The number of carbonyl (C=O) groups is 1. The van der Waals surface area contributed by atoms with Gasteiger partial charge in [-0.1, -0.05) is 36.9 Å². The van der Waals surface area contributed by atoms with Crippen LogP contribution in [0.25, 0.3) is 0 Å². The summed E-state index contributed by atoms with van der Waals surface area (Å²) in [6, 6.07) is 5.14. The minimum absolute atomic E-state index is 0.0650. The zero-order valence-electron chi connectivity index (χ0n) is 17.0. The number of rotatable bonds is 4. The van der Waals surface area contributed by atoms with Crippen molar-refractivity contribution in [1.29, 1.82) is 0 Å². The van der Waals surface area contributed by atoms with E-state index in [0.29, 0.717) is 22.5 Å². The largest absolute Gasteiger partial charge is 0.353 e. The Morgan fingerprint density at radius 2 is 2.00 bits per heavy atom. The number of halogens is 2. The van der Waals surface area contributed by atoms with E-state index in [9.17, 15) is 9.18 Å². The molecule has 2 N–H and O–H groups in total. The number of aliphatic imine (C=N–C) groups is 1. The van der Waals surface area contributed by atoms with E-state index in [0.717, 1.165) is 38.8 Å². The third-order valence-corrected chi connectivity index (χ3v) is 6.83. The Hall–Kier alpha value is -1.82. The van der Waals surface area contributed by atoms with Crippen LogP contribution in [0.5, 0.6) is 0 Å². The lowest BCUT2D eigenvalue weighted by molar-refractivity contribution is -0.135. The molecule has 2 aliphatic carbocycles. The first-order chi connectivity index (χ1) is 14.1. The minimum atomic E-state index is -0.248. The molecule has 3 atom stereocenters. The van der Waals surface area contributed by atoms with E-state index < -0.39 is 0 Å². The molecule has 158 valence electrons. The summed E-state index contributed by atoms with van der Waals surface area (Å²) < 4.78 is 14.1. The molecule has 29 heavy (non-hydrogen) atoms. The second-order valence-corrected chi connectivity index (χ2v) is 8.96. The molecule has 4 rings (SSSR count). The van der Waals surface area contributed by atoms with Crippen molar-refractivity contribution in [3.63, 3.8) is 0 Å². The summed E-state index contributed by atoms with van der Waals surface area (Å²) in [6.07, 6.45) is 7.45. The lowest BCUT2D eigenvalue weighted by Crippen LogP contribution is -2.46. The van der Waals surface area contributed by atoms with Crippen LogP contribution in [0.15, 0.2) is 23.2 Å². The van der Waals surface area contributed by atoms with Crippen LogP contribution in [0.3, 0.4) is 0 Å². The van der Waals surface area contributed by atoms with Gasteiger partial charge in [-0.05, 0) is 37.8 Å². The van der Waals surface area contributed by atoms with Crippen molar-refractivity contribution in [2.45, 2.75) is 62.9 Å². The molecule has 0 radical (unpaired) electrons. The van der Waals surface area contributed by atoms with Crippen molar-refractivity contribution in [3.05, 3.63) is 34.6 Å². The van der Waals surface area contributed by atoms with E-state index in [2.05, 4.69) is 15.6 Å². The normalized spacial score (nSPS) is 27.8. The van der Waals surface area contributed by atoms with Crippen molar-refractivity contribution in [2.24, 2.45) is 10.9 Å². The zero-order chi connectivity index (χ0) is 20.4. The smallest absolute Gasteiger partial charge is 0.225 e.